The van der Waals surface area contributed by atoms with Crippen LogP contribution in [0.3, 0.4) is 0 Å². The van der Waals surface area contributed by atoms with Gasteiger partial charge in [-0.05, 0) is 52.8 Å². The molecule has 4 N–H and O–H groups in total. The summed E-state index contributed by atoms with van der Waals surface area (Å²) in [4.78, 5) is 39.6. The van der Waals surface area contributed by atoms with E-state index in [9.17, 15) is 34.8 Å². The number of aliphatic hydroxyl groups is 4. The molecule has 0 bridgehead atoms. The molecule has 11 nitrogen and oxygen atoms in total. The molecule has 0 aliphatic carbocycles. The fourth-order valence-electron chi connectivity index (χ4n) is 5.93. The number of ether oxygens (including phenoxy) is 3. The lowest BCUT2D eigenvalue weighted by atomic mass is 9.79. The Balaban J connectivity index is 2.52. The molecule has 2 aliphatic heterocycles. The Kier molecular flexibility index (Phi) is 14.4. The lowest BCUT2D eigenvalue weighted by Gasteiger charge is -2.46. The van der Waals surface area contributed by atoms with E-state index < -0.39 is 78.6 Å². The van der Waals surface area contributed by atoms with Crippen LogP contribution in [0.25, 0.3) is 0 Å². The van der Waals surface area contributed by atoms with Gasteiger partial charge in [0.2, 0.25) is 0 Å². The molecule has 0 amide bonds. The van der Waals surface area contributed by atoms with Crippen LogP contribution in [0.2, 0.25) is 0 Å². The molecule has 1 saturated heterocycles. The van der Waals surface area contributed by atoms with E-state index in [0.29, 0.717) is 12.0 Å². The number of hydrogen-bond acceptors (Lipinski definition) is 11. The number of nitrogens with zero attached hydrogens (tertiary/aromatic N) is 1. The largest absolute Gasteiger partial charge is 0.462 e. The number of allylic oxidation sites excluding steroid dienone is 3. The van der Waals surface area contributed by atoms with Gasteiger partial charge in [-0.3, -0.25) is 9.59 Å². The van der Waals surface area contributed by atoms with Gasteiger partial charge in [0.15, 0.2) is 12.1 Å². The standard InChI is InChI=1S/C31H51NO10/c1-8-25-22(16-34)13-17(2)9-10-23(35)18(3)14-21(11-12-33)30(19(4)24(36)15-26(37)41-25)42-31-29(39)27(32(6)7)28(38)20(5)40-31/h9-10,12-13,18-22,24-25,27-31,34,36,38-39H,8,11,14-16H2,1-7H3/t18-,19+,20-,21+,22-,24-,25-,27+,28-,29-,30-,31+/m1/s1. The molecule has 0 unspecified atom stereocenters. The van der Waals surface area contributed by atoms with Gasteiger partial charge in [0, 0.05) is 24.2 Å². The summed E-state index contributed by atoms with van der Waals surface area (Å²) >= 11 is 0. The Bertz CT molecular complexity index is 952. The molecule has 0 aromatic rings. The van der Waals surface area contributed by atoms with Crippen molar-refractivity contribution in [3.05, 3.63) is 23.8 Å². The minimum absolute atomic E-state index is 0.000625. The zero-order chi connectivity index (χ0) is 31.7. The van der Waals surface area contributed by atoms with Crippen molar-refractivity contribution < 1.29 is 49.0 Å². The van der Waals surface area contributed by atoms with Crippen molar-refractivity contribution in [3.63, 3.8) is 0 Å². The summed E-state index contributed by atoms with van der Waals surface area (Å²) < 4.78 is 17.9. The third kappa shape index (κ3) is 9.51. The summed E-state index contributed by atoms with van der Waals surface area (Å²) in [5, 5.41) is 43.0. The number of esters is 1. The number of ketones is 1. The molecule has 240 valence electrons. The molecule has 2 rings (SSSR count). The average Bonchev–Trinajstić information content (AvgIpc) is 2.93. The first-order valence-corrected chi connectivity index (χ1v) is 14.9. The zero-order valence-electron chi connectivity index (χ0n) is 26.0. The minimum atomic E-state index is -1.27. The molecule has 11 heteroatoms. The maximum Gasteiger partial charge on any atom is 0.308 e. The van der Waals surface area contributed by atoms with Crippen LogP contribution in [0.1, 0.15) is 60.3 Å². The smallest absolute Gasteiger partial charge is 0.308 e. The van der Waals surface area contributed by atoms with Gasteiger partial charge in [-0.1, -0.05) is 38.5 Å². The molecule has 0 radical (unpaired) electrons. The highest BCUT2D eigenvalue weighted by Gasteiger charge is 2.47. The van der Waals surface area contributed by atoms with Crippen molar-refractivity contribution >= 4 is 18.0 Å². The third-order valence-corrected chi connectivity index (χ3v) is 8.56. The number of aldehydes is 1. The average molecular weight is 598 g/mol. The van der Waals surface area contributed by atoms with Crippen LogP contribution in [0, 0.1) is 23.7 Å². The van der Waals surface area contributed by atoms with Gasteiger partial charge in [0.1, 0.15) is 18.5 Å². The first-order valence-electron chi connectivity index (χ1n) is 14.9. The van der Waals surface area contributed by atoms with Gasteiger partial charge in [-0.25, -0.2) is 0 Å². The second-order valence-electron chi connectivity index (χ2n) is 12.1. The summed E-state index contributed by atoms with van der Waals surface area (Å²) in [6.07, 6.45) is -1.12. The van der Waals surface area contributed by atoms with Gasteiger partial charge < -0.3 is 44.3 Å². The summed E-state index contributed by atoms with van der Waals surface area (Å²) in [7, 11) is 3.43. The Morgan fingerprint density at radius 1 is 1.10 bits per heavy atom. The van der Waals surface area contributed by atoms with Crippen LogP contribution in [0.15, 0.2) is 23.8 Å². The minimum Gasteiger partial charge on any atom is -0.462 e. The van der Waals surface area contributed by atoms with E-state index in [2.05, 4.69) is 0 Å². The predicted molar refractivity (Wildman–Crippen MR) is 155 cm³/mol. The van der Waals surface area contributed by atoms with Crippen LogP contribution in [0.5, 0.6) is 0 Å². The first kappa shape index (κ1) is 36.2. The summed E-state index contributed by atoms with van der Waals surface area (Å²) in [5.41, 5.74) is 0.714. The fraction of sp³-hybridized carbons (Fsp3) is 0.774. The van der Waals surface area contributed by atoms with E-state index in [-0.39, 0.29) is 31.7 Å². The van der Waals surface area contributed by atoms with Crippen LogP contribution in [-0.2, 0) is 28.6 Å². The van der Waals surface area contributed by atoms with Gasteiger partial charge >= 0.3 is 5.97 Å². The number of carbonyl (C=O) groups excluding carboxylic acids is 3. The molecule has 42 heavy (non-hydrogen) atoms. The lowest BCUT2D eigenvalue weighted by Crippen LogP contribution is -2.63. The van der Waals surface area contributed by atoms with Crippen LogP contribution < -0.4 is 0 Å². The molecule has 0 aromatic carbocycles. The molecule has 0 spiro atoms. The number of aliphatic hydroxyl groups excluding tert-OH is 4. The Morgan fingerprint density at radius 2 is 1.76 bits per heavy atom. The van der Waals surface area contributed by atoms with Gasteiger partial charge in [0.05, 0.1) is 43.5 Å². The maximum atomic E-state index is 13.1. The zero-order valence-corrected chi connectivity index (χ0v) is 26.0. The van der Waals surface area contributed by atoms with E-state index in [1.54, 1.807) is 58.8 Å². The highest BCUT2D eigenvalue weighted by molar-refractivity contribution is 5.91. The molecular formula is C31H51NO10. The van der Waals surface area contributed by atoms with Crippen molar-refractivity contribution in [1.29, 1.82) is 0 Å². The van der Waals surface area contributed by atoms with Gasteiger partial charge in [-0.15, -0.1) is 0 Å². The molecule has 2 aliphatic rings. The van der Waals surface area contributed by atoms with E-state index in [1.807, 2.05) is 6.92 Å². The highest BCUT2D eigenvalue weighted by Crippen LogP contribution is 2.34. The number of rotatable bonds is 7. The molecule has 0 saturated carbocycles. The lowest BCUT2D eigenvalue weighted by molar-refractivity contribution is -0.304. The topological polar surface area (TPSA) is 163 Å². The molecule has 1 fully saturated rings. The second kappa shape index (κ2) is 16.7. The quantitative estimate of drug-likeness (QED) is 0.248. The van der Waals surface area contributed by atoms with Crippen molar-refractivity contribution in [2.24, 2.45) is 23.7 Å². The number of likely N-dealkylation sites (N-methyl/N-ethyl adjacent to an activating group) is 1. The van der Waals surface area contributed by atoms with Crippen LogP contribution in [-0.4, -0.2) is 113 Å². The highest BCUT2D eigenvalue weighted by atomic mass is 16.7. The number of hydrogen-bond donors (Lipinski definition) is 4. The van der Waals surface area contributed by atoms with Gasteiger partial charge in [0.25, 0.3) is 0 Å². The Labute approximate surface area is 249 Å². The molecule has 0 aromatic heterocycles. The van der Waals surface area contributed by atoms with E-state index in [1.165, 1.54) is 6.08 Å². The number of cyclic esters (lactones) is 1. The van der Waals surface area contributed by atoms with Crippen molar-refractivity contribution in [1.82, 2.24) is 4.90 Å². The maximum absolute atomic E-state index is 13.1. The predicted octanol–water partition coefficient (Wildman–Crippen LogP) is 1.40. The summed E-state index contributed by atoms with van der Waals surface area (Å²) in [5.74, 6) is -3.16. The second-order valence-corrected chi connectivity index (χ2v) is 12.1. The monoisotopic (exact) mass is 597 g/mol. The molecular weight excluding hydrogens is 546 g/mol. The Hall–Kier alpha value is -1.99. The van der Waals surface area contributed by atoms with E-state index in [4.69, 9.17) is 14.2 Å². The van der Waals surface area contributed by atoms with E-state index in [0.717, 1.165) is 6.29 Å². The molecule has 12 atom stereocenters. The molecule has 2 heterocycles. The fourth-order valence-corrected chi connectivity index (χ4v) is 5.93. The third-order valence-electron chi connectivity index (χ3n) is 8.56. The van der Waals surface area contributed by atoms with Crippen LogP contribution in [0.4, 0.5) is 0 Å². The Morgan fingerprint density at radius 3 is 2.33 bits per heavy atom. The number of carbonyl (C=O) groups is 3. The normalized spacial score (nSPS) is 39.6. The van der Waals surface area contributed by atoms with Crippen molar-refractivity contribution in [3.8, 4) is 0 Å². The van der Waals surface area contributed by atoms with Crippen molar-refractivity contribution in [2.45, 2.75) is 109 Å². The SMILES string of the molecule is CC[C@H]1OC(=O)C[C@@H](O)[C@H](C)[C@@H](O[C@@H]2O[C@H](C)[C@@H](O)[C@H](N(C)C)[C@H]2O)[C@@H](CC=O)C[C@@H](C)C(=O)C=CC(C)=C[C@@H]1CO. The van der Waals surface area contributed by atoms with Crippen molar-refractivity contribution in [2.75, 3.05) is 20.7 Å². The van der Waals surface area contributed by atoms with E-state index >= 15 is 0 Å². The summed E-state index contributed by atoms with van der Waals surface area (Å²) in [6, 6.07) is -0.711. The first-order chi connectivity index (χ1) is 19.7. The van der Waals surface area contributed by atoms with Crippen LogP contribution >= 0.6 is 0 Å². The summed E-state index contributed by atoms with van der Waals surface area (Å²) in [6.45, 7) is 8.42. The van der Waals surface area contributed by atoms with Gasteiger partial charge in [-0.2, -0.15) is 0 Å².